The maximum Gasteiger partial charge on any atom is 0.244 e. The van der Waals surface area contributed by atoms with E-state index in [1.165, 1.54) is 17.3 Å². The molecule has 1 N–H and O–H groups in total. The summed E-state index contributed by atoms with van der Waals surface area (Å²) in [6, 6.07) is 3.27. The molecular formula is C13H17N5O2. The van der Waals surface area contributed by atoms with E-state index in [0.717, 1.165) is 5.56 Å². The highest BCUT2D eigenvalue weighted by Crippen LogP contribution is 2.14. The molecule has 106 valence electrons. The van der Waals surface area contributed by atoms with Crippen molar-refractivity contribution in [2.24, 2.45) is 0 Å². The lowest BCUT2D eigenvalue weighted by atomic mass is 10.2. The first kappa shape index (κ1) is 14.0. The highest BCUT2D eigenvalue weighted by atomic mass is 16.5. The second-order valence-electron chi connectivity index (χ2n) is 4.17. The van der Waals surface area contributed by atoms with Crippen molar-refractivity contribution in [2.75, 3.05) is 6.61 Å². The minimum atomic E-state index is -0.412. The summed E-state index contributed by atoms with van der Waals surface area (Å²) in [5.74, 6) is 0.408. The van der Waals surface area contributed by atoms with Crippen LogP contribution in [0, 0.1) is 0 Å². The van der Waals surface area contributed by atoms with E-state index in [4.69, 9.17) is 4.74 Å². The molecule has 1 atom stereocenters. The largest absolute Gasteiger partial charge is 0.478 e. The van der Waals surface area contributed by atoms with Crippen molar-refractivity contribution in [1.29, 1.82) is 0 Å². The Kier molecular flexibility index (Phi) is 4.65. The minimum absolute atomic E-state index is 0.137. The predicted octanol–water partition coefficient (Wildman–Crippen LogP) is 0.949. The summed E-state index contributed by atoms with van der Waals surface area (Å²) in [5, 5.41) is 6.79. The third-order valence-corrected chi connectivity index (χ3v) is 2.80. The maximum atomic E-state index is 12.0. The summed E-state index contributed by atoms with van der Waals surface area (Å²) in [4.78, 5) is 20.0. The number of carbonyl (C=O) groups excluding carboxylic acids is 1. The summed E-state index contributed by atoms with van der Waals surface area (Å²) < 4.78 is 6.91. The Morgan fingerprint density at radius 2 is 2.40 bits per heavy atom. The van der Waals surface area contributed by atoms with Crippen molar-refractivity contribution < 1.29 is 9.53 Å². The fraction of sp³-hybridized carbons (Fsp3) is 0.385. The Bertz CT molecular complexity index is 556. The van der Waals surface area contributed by atoms with Gasteiger partial charge < -0.3 is 10.1 Å². The van der Waals surface area contributed by atoms with E-state index in [1.807, 2.05) is 19.1 Å². The van der Waals surface area contributed by atoms with Gasteiger partial charge in [-0.15, -0.1) is 0 Å². The van der Waals surface area contributed by atoms with Crippen molar-refractivity contribution in [3.8, 4) is 5.88 Å². The van der Waals surface area contributed by atoms with Gasteiger partial charge in [0.2, 0.25) is 11.8 Å². The molecule has 0 bridgehead atoms. The number of carbonyl (C=O) groups is 1. The van der Waals surface area contributed by atoms with Crippen LogP contribution in [-0.2, 0) is 11.3 Å². The smallest absolute Gasteiger partial charge is 0.244 e. The molecule has 0 radical (unpaired) electrons. The van der Waals surface area contributed by atoms with Crippen molar-refractivity contribution in [3.05, 3.63) is 36.5 Å². The van der Waals surface area contributed by atoms with Gasteiger partial charge >= 0.3 is 0 Å². The van der Waals surface area contributed by atoms with Gasteiger partial charge in [0, 0.05) is 18.3 Å². The molecule has 2 aromatic heterocycles. The van der Waals surface area contributed by atoms with Gasteiger partial charge in [0.25, 0.3) is 0 Å². The van der Waals surface area contributed by atoms with Gasteiger partial charge in [0.1, 0.15) is 18.7 Å². The highest BCUT2D eigenvalue weighted by molar-refractivity contribution is 5.79. The lowest BCUT2D eigenvalue weighted by Gasteiger charge is -2.13. The zero-order valence-electron chi connectivity index (χ0n) is 11.5. The first-order valence-electron chi connectivity index (χ1n) is 6.41. The van der Waals surface area contributed by atoms with E-state index in [1.54, 1.807) is 13.1 Å². The zero-order chi connectivity index (χ0) is 14.4. The van der Waals surface area contributed by atoms with Crippen LogP contribution in [0.25, 0.3) is 0 Å². The van der Waals surface area contributed by atoms with E-state index in [0.29, 0.717) is 19.0 Å². The third kappa shape index (κ3) is 3.31. The van der Waals surface area contributed by atoms with E-state index < -0.39 is 6.04 Å². The number of nitrogens with one attached hydrogen (secondary N) is 1. The van der Waals surface area contributed by atoms with Crippen LogP contribution in [0.5, 0.6) is 5.88 Å². The Hall–Kier alpha value is -2.44. The first-order chi connectivity index (χ1) is 9.72. The van der Waals surface area contributed by atoms with Crippen LogP contribution in [0.2, 0.25) is 0 Å². The summed E-state index contributed by atoms with van der Waals surface area (Å²) in [6.07, 6.45) is 4.58. The average Bonchev–Trinajstić information content (AvgIpc) is 2.99. The molecule has 1 amide bonds. The molecule has 0 saturated carbocycles. The lowest BCUT2D eigenvalue weighted by molar-refractivity contribution is -0.124. The molecule has 0 aromatic carbocycles. The summed E-state index contributed by atoms with van der Waals surface area (Å²) in [5.41, 5.74) is 0.841. The normalized spacial score (nSPS) is 11.9. The van der Waals surface area contributed by atoms with Gasteiger partial charge in [-0.25, -0.2) is 14.6 Å². The SMILES string of the molecule is CCOc1ncccc1CNC(=O)C(C)n1cncn1. The number of pyridine rings is 1. The number of nitrogens with zero attached hydrogens (tertiary/aromatic N) is 4. The van der Waals surface area contributed by atoms with Crippen molar-refractivity contribution in [3.63, 3.8) is 0 Å². The Morgan fingerprint density at radius 3 is 3.10 bits per heavy atom. The van der Waals surface area contributed by atoms with Gasteiger partial charge in [-0.2, -0.15) is 5.10 Å². The molecule has 7 nitrogen and oxygen atoms in total. The Morgan fingerprint density at radius 1 is 1.55 bits per heavy atom. The fourth-order valence-corrected chi connectivity index (χ4v) is 1.69. The topological polar surface area (TPSA) is 81.9 Å². The van der Waals surface area contributed by atoms with Gasteiger partial charge in [0.05, 0.1) is 6.61 Å². The van der Waals surface area contributed by atoms with Gasteiger partial charge in [0.15, 0.2) is 0 Å². The molecule has 20 heavy (non-hydrogen) atoms. The molecule has 7 heteroatoms. The number of hydrogen-bond donors (Lipinski definition) is 1. The van der Waals surface area contributed by atoms with Crippen LogP contribution in [-0.4, -0.2) is 32.3 Å². The van der Waals surface area contributed by atoms with E-state index in [9.17, 15) is 4.79 Å². The highest BCUT2D eigenvalue weighted by Gasteiger charge is 2.15. The zero-order valence-corrected chi connectivity index (χ0v) is 11.5. The van der Waals surface area contributed by atoms with Crippen LogP contribution < -0.4 is 10.1 Å². The first-order valence-corrected chi connectivity index (χ1v) is 6.41. The number of aromatic nitrogens is 4. The van der Waals surface area contributed by atoms with Crippen LogP contribution in [0.15, 0.2) is 31.0 Å². The molecule has 0 saturated heterocycles. The van der Waals surface area contributed by atoms with E-state index in [-0.39, 0.29) is 5.91 Å². The summed E-state index contributed by atoms with van der Waals surface area (Å²) in [6.45, 7) is 4.55. The number of hydrogen-bond acceptors (Lipinski definition) is 5. The van der Waals surface area contributed by atoms with E-state index in [2.05, 4.69) is 20.4 Å². The Labute approximate surface area is 117 Å². The quantitative estimate of drug-likeness (QED) is 0.848. The summed E-state index contributed by atoms with van der Waals surface area (Å²) in [7, 11) is 0. The van der Waals surface area contributed by atoms with Gasteiger partial charge in [-0.1, -0.05) is 6.07 Å². The van der Waals surface area contributed by atoms with Crippen molar-refractivity contribution in [1.82, 2.24) is 25.1 Å². The lowest BCUT2D eigenvalue weighted by Crippen LogP contribution is -2.31. The molecule has 0 fully saturated rings. The van der Waals surface area contributed by atoms with Crippen molar-refractivity contribution >= 4 is 5.91 Å². The summed E-state index contributed by atoms with van der Waals surface area (Å²) >= 11 is 0. The Balaban J connectivity index is 1.96. The van der Waals surface area contributed by atoms with Crippen LogP contribution in [0.3, 0.4) is 0 Å². The van der Waals surface area contributed by atoms with Crippen LogP contribution in [0.4, 0.5) is 0 Å². The molecule has 0 aliphatic rings. The molecule has 1 unspecified atom stereocenters. The second kappa shape index (κ2) is 6.65. The molecule has 2 heterocycles. The number of ether oxygens (including phenoxy) is 1. The fourth-order valence-electron chi connectivity index (χ4n) is 1.69. The third-order valence-electron chi connectivity index (χ3n) is 2.80. The molecule has 2 aromatic rings. The van der Waals surface area contributed by atoms with Gasteiger partial charge in [-0.3, -0.25) is 4.79 Å². The molecule has 0 aliphatic heterocycles. The van der Waals surface area contributed by atoms with Crippen LogP contribution in [0.1, 0.15) is 25.5 Å². The average molecular weight is 275 g/mol. The maximum absolute atomic E-state index is 12.0. The molecule has 2 rings (SSSR count). The van der Waals surface area contributed by atoms with E-state index >= 15 is 0 Å². The van der Waals surface area contributed by atoms with Gasteiger partial charge in [-0.05, 0) is 19.9 Å². The van der Waals surface area contributed by atoms with Crippen LogP contribution >= 0.6 is 0 Å². The molecule has 0 spiro atoms. The second-order valence-corrected chi connectivity index (χ2v) is 4.17. The molecular weight excluding hydrogens is 258 g/mol. The number of rotatable bonds is 6. The number of amides is 1. The van der Waals surface area contributed by atoms with Crippen molar-refractivity contribution in [2.45, 2.75) is 26.4 Å². The monoisotopic (exact) mass is 275 g/mol. The standard InChI is InChI=1S/C13H17N5O2/c1-3-20-13-11(5-4-6-15-13)7-16-12(19)10(2)18-9-14-8-17-18/h4-6,8-10H,3,7H2,1-2H3,(H,16,19). The molecule has 0 aliphatic carbocycles. The minimum Gasteiger partial charge on any atom is -0.478 e. The predicted molar refractivity (Wildman–Crippen MR) is 72.0 cm³/mol.